The maximum Gasteiger partial charge on any atom is 0.350 e. The predicted molar refractivity (Wildman–Crippen MR) is 47.1 cm³/mol. The second-order valence-electron chi connectivity index (χ2n) is 2.83. The molecule has 2 aromatic rings. The molecule has 14 heavy (non-hydrogen) atoms. The summed E-state index contributed by atoms with van der Waals surface area (Å²) in [4.78, 5) is 26.3. The molecule has 2 aromatic heterocycles. The fourth-order valence-corrected chi connectivity index (χ4v) is 1.19. The van der Waals surface area contributed by atoms with Crippen LogP contribution in [-0.4, -0.2) is 20.7 Å². The number of nitrogens with zero attached hydrogens (tertiary/aromatic N) is 3. The van der Waals surface area contributed by atoms with E-state index in [4.69, 9.17) is 4.42 Å². The van der Waals surface area contributed by atoms with E-state index in [1.807, 2.05) is 0 Å². The zero-order valence-corrected chi connectivity index (χ0v) is 7.64. The van der Waals surface area contributed by atoms with Gasteiger partial charge in [-0.2, -0.15) is 14.8 Å². The van der Waals surface area contributed by atoms with Crippen LogP contribution in [0.25, 0.3) is 11.0 Å². The second-order valence-corrected chi connectivity index (χ2v) is 2.83. The molecule has 0 bridgehead atoms. The summed E-state index contributed by atoms with van der Waals surface area (Å²) in [5, 5.41) is 3.96. The number of rotatable bonds is 0. The quantitative estimate of drug-likeness (QED) is 0.603. The maximum absolute atomic E-state index is 11.3. The second kappa shape index (κ2) is 2.76. The zero-order chi connectivity index (χ0) is 10.3. The summed E-state index contributed by atoms with van der Waals surface area (Å²) in [6.45, 7) is 2.89. The third kappa shape index (κ3) is 1.12. The Balaban J connectivity index is 2.92. The molecule has 0 aromatic carbocycles. The minimum atomic E-state index is -0.528. The first-order chi connectivity index (χ1) is 6.59. The standard InChI is InChI=1S/C8H7N3O3/c1-4-10-7-6(8(13)14-4)3-9-11(7)5(2)12/h3H,1-2H3. The van der Waals surface area contributed by atoms with Crippen LogP contribution in [0.2, 0.25) is 0 Å². The Morgan fingerprint density at radius 2 is 2.29 bits per heavy atom. The van der Waals surface area contributed by atoms with Gasteiger partial charge in [0.1, 0.15) is 5.39 Å². The van der Waals surface area contributed by atoms with Gasteiger partial charge < -0.3 is 4.42 Å². The molecule has 0 unspecified atom stereocenters. The van der Waals surface area contributed by atoms with Crippen molar-refractivity contribution in [3.05, 3.63) is 22.5 Å². The summed E-state index contributed by atoms with van der Waals surface area (Å²) < 4.78 is 5.82. The normalized spacial score (nSPS) is 10.7. The number of aromatic nitrogens is 3. The largest absolute Gasteiger partial charge is 0.408 e. The van der Waals surface area contributed by atoms with Gasteiger partial charge in [0, 0.05) is 13.8 Å². The highest BCUT2D eigenvalue weighted by Gasteiger charge is 2.12. The monoisotopic (exact) mass is 193 g/mol. The van der Waals surface area contributed by atoms with Crippen molar-refractivity contribution >= 4 is 16.9 Å². The SMILES string of the molecule is CC(=O)n1ncc2c(=O)oc(C)nc21. The predicted octanol–water partition coefficient (Wildman–Crippen LogP) is 0.353. The average Bonchev–Trinajstić information content (AvgIpc) is 2.47. The number of aryl methyl sites for hydroxylation is 1. The highest BCUT2D eigenvalue weighted by atomic mass is 16.4. The van der Waals surface area contributed by atoms with E-state index in [-0.39, 0.29) is 22.8 Å². The molecule has 0 N–H and O–H groups in total. The molecule has 0 aliphatic carbocycles. The first-order valence-corrected chi connectivity index (χ1v) is 3.96. The van der Waals surface area contributed by atoms with Gasteiger partial charge in [-0.05, 0) is 0 Å². The Kier molecular flexibility index (Phi) is 1.70. The summed E-state index contributed by atoms with van der Waals surface area (Å²) in [6, 6.07) is 0. The van der Waals surface area contributed by atoms with Crippen LogP contribution in [0.5, 0.6) is 0 Å². The summed E-state index contributed by atoms with van der Waals surface area (Å²) in [7, 11) is 0. The molecule has 6 nitrogen and oxygen atoms in total. The number of carbonyl (C=O) groups excluding carboxylic acids is 1. The molecule has 2 heterocycles. The van der Waals surface area contributed by atoms with Crippen LogP contribution < -0.4 is 5.63 Å². The number of fused-ring (bicyclic) bond motifs is 1. The third-order valence-corrected chi connectivity index (χ3v) is 1.77. The van der Waals surface area contributed by atoms with Crippen LogP contribution in [0, 0.1) is 6.92 Å². The first kappa shape index (κ1) is 8.61. The van der Waals surface area contributed by atoms with Gasteiger partial charge in [-0.1, -0.05) is 0 Å². The van der Waals surface area contributed by atoms with E-state index in [0.717, 1.165) is 4.68 Å². The van der Waals surface area contributed by atoms with Crippen LogP contribution in [0.3, 0.4) is 0 Å². The Hall–Kier alpha value is -1.98. The molecular formula is C8H7N3O3. The van der Waals surface area contributed by atoms with E-state index >= 15 is 0 Å². The highest BCUT2D eigenvalue weighted by Crippen LogP contribution is 2.06. The van der Waals surface area contributed by atoms with E-state index < -0.39 is 5.63 Å². The Morgan fingerprint density at radius 1 is 1.57 bits per heavy atom. The molecular weight excluding hydrogens is 186 g/mol. The lowest BCUT2D eigenvalue weighted by molar-refractivity contribution is 0.0926. The van der Waals surface area contributed by atoms with E-state index in [1.165, 1.54) is 20.0 Å². The van der Waals surface area contributed by atoms with Crippen LogP contribution in [0.1, 0.15) is 17.6 Å². The van der Waals surface area contributed by atoms with Gasteiger partial charge in [0.2, 0.25) is 5.91 Å². The summed E-state index contributed by atoms with van der Waals surface area (Å²) >= 11 is 0. The number of carbonyl (C=O) groups is 1. The molecule has 0 atom stereocenters. The van der Waals surface area contributed by atoms with Crippen molar-refractivity contribution in [2.45, 2.75) is 13.8 Å². The summed E-state index contributed by atoms with van der Waals surface area (Å²) in [6.07, 6.45) is 1.27. The average molecular weight is 193 g/mol. The fourth-order valence-electron chi connectivity index (χ4n) is 1.19. The van der Waals surface area contributed by atoms with Crippen molar-refractivity contribution in [3.8, 4) is 0 Å². The van der Waals surface area contributed by atoms with Crippen molar-refractivity contribution in [1.82, 2.24) is 14.8 Å². The molecule has 0 aliphatic heterocycles. The molecule has 72 valence electrons. The molecule has 6 heteroatoms. The molecule has 0 spiro atoms. The highest BCUT2D eigenvalue weighted by molar-refractivity contribution is 5.86. The molecule has 0 saturated carbocycles. The van der Waals surface area contributed by atoms with Gasteiger partial charge in [0.05, 0.1) is 6.20 Å². The van der Waals surface area contributed by atoms with Gasteiger partial charge in [-0.3, -0.25) is 4.79 Å². The molecule has 0 saturated heterocycles. The van der Waals surface area contributed by atoms with Crippen molar-refractivity contribution in [3.63, 3.8) is 0 Å². The lowest BCUT2D eigenvalue weighted by Crippen LogP contribution is -2.10. The molecule has 2 rings (SSSR count). The first-order valence-electron chi connectivity index (χ1n) is 3.96. The van der Waals surface area contributed by atoms with Gasteiger partial charge in [0.25, 0.3) is 0 Å². The summed E-state index contributed by atoms with van der Waals surface area (Å²) in [5.41, 5.74) is -0.286. The smallest absolute Gasteiger partial charge is 0.350 e. The zero-order valence-electron chi connectivity index (χ0n) is 7.64. The van der Waals surface area contributed by atoms with Crippen LogP contribution in [-0.2, 0) is 0 Å². The van der Waals surface area contributed by atoms with E-state index in [9.17, 15) is 9.59 Å². The lowest BCUT2D eigenvalue weighted by atomic mass is 10.4. The topological polar surface area (TPSA) is 78.0 Å². The Bertz CT molecular complexity index is 567. The number of hydrogen-bond acceptors (Lipinski definition) is 5. The summed E-state index contributed by atoms with van der Waals surface area (Å²) in [5.74, 6) is -0.0806. The van der Waals surface area contributed by atoms with Crippen LogP contribution in [0.4, 0.5) is 0 Å². The maximum atomic E-state index is 11.3. The van der Waals surface area contributed by atoms with Gasteiger partial charge in [-0.25, -0.2) is 4.79 Å². The molecule has 0 aliphatic rings. The Labute approximate surface area is 78.2 Å². The minimum absolute atomic E-state index is 0.213. The van der Waals surface area contributed by atoms with Gasteiger partial charge >= 0.3 is 5.63 Å². The van der Waals surface area contributed by atoms with E-state index in [1.54, 1.807) is 0 Å². The van der Waals surface area contributed by atoms with Crippen molar-refractivity contribution < 1.29 is 9.21 Å². The lowest BCUT2D eigenvalue weighted by Gasteiger charge is -1.95. The van der Waals surface area contributed by atoms with E-state index in [2.05, 4.69) is 10.1 Å². The minimum Gasteiger partial charge on any atom is -0.408 e. The van der Waals surface area contributed by atoms with E-state index in [0.29, 0.717) is 0 Å². The molecule has 0 fully saturated rings. The number of hydrogen-bond donors (Lipinski definition) is 0. The Morgan fingerprint density at radius 3 is 2.93 bits per heavy atom. The van der Waals surface area contributed by atoms with Crippen molar-refractivity contribution in [2.24, 2.45) is 0 Å². The van der Waals surface area contributed by atoms with Crippen LogP contribution >= 0.6 is 0 Å². The fraction of sp³-hybridized carbons (Fsp3) is 0.250. The van der Waals surface area contributed by atoms with Crippen LogP contribution in [0.15, 0.2) is 15.4 Å². The van der Waals surface area contributed by atoms with Crippen molar-refractivity contribution in [1.29, 1.82) is 0 Å². The third-order valence-electron chi connectivity index (χ3n) is 1.77. The van der Waals surface area contributed by atoms with Gasteiger partial charge in [-0.15, -0.1) is 0 Å². The van der Waals surface area contributed by atoms with Crippen molar-refractivity contribution in [2.75, 3.05) is 0 Å². The molecule has 0 radical (unpaired) electrons. The molecule has 0 amide bonds. The van der Waals surface area contributed by atoms with Gasteiger partial charge in [0.15, 0.2) is 11.5 Å².